The first kappa shape index (κ1) is 14.2. The van der Waals surface area contributed by atoms with Crippen LogP contribution < -0.4 is 0 Å². The molecule has 22 heavy (non-hydrogen) atoms. The molecule has 118 valence electrons. The zero-order chi connectivity index (χ0) is 15.2. The van der Waals surface area contributed by atoms with Crippen molar-refractivity contribution in [2.24, 2.45) is 4.40 Å². The Morgan fingerprint density at radius 3 is 2.86 bits per heavy atom. The fourth-order valence-corrected chi connectivity index (χ4v) is 5.67. The van der Waals surface area contributed by atoms with E-state index in [4.69, 9.17) is 4.74 Å². The van der Waals surface area contributed by atoms with Gasteiger partial charge < -0.3 is 4.74 Å². The van der Waals surface area contributed by atoms with Crippen LogP contribution in [0.1, 0.15) is 55.6 Å². The smallest absolute Gasteiger partial charge is 0.262 e. The number of rotatable bonds is 2. The van der Waals surface area contributed by atoms with Crippen LogP contribution in [0.15, 0.2) is 28.7 Å². The van der Waals surface area contributed by atoms with E-state index in [2.05, 4.69) is 28.7 Å². The molecular weight excluding hydrogens is 298 g/mol. The number of hydrogen-bond acceptors (Lipinski definition) is 3. The van der Waals surface area contributed by atoms with Crippen molar-refractivity contribution >= 4 is 15.9 Å². The van der Waals surface area contributed by atoms with Gasteiger partial charge in [-0.3, -0.25) is 0 Å². The van der Waals surface area contributed by atoms with E-state index in [-0.39, 0.29) is 6.10 Å². The highest BCUT2D eigenvalue weighted by molar-refractivity contribution is 7.91. The Bertz CT molecular complexity index is 710. The molecule has 0 saturated heterocycles. The number of nitrogens with zero attached hydrogens (tertiary/aromatic N) is 1. The second-order valence-corrected chi connectivity index (χ2v) is 8.44. The Kier molecular flexibility index (Phi) is 3.48. The van der Waals surface area contributed by atoms with Crippen LogP contribution in [0, 0.1) is 0 Å². The molecule has 4 rings (SSSR count). The van der Waals surface area contributed by atoms with Crippen molar-refractivity contribution < 1.29 is 13.2 Å². The molecule has 3 atom stereocenters. The third-order valence-electron chi connectivity index (χ3n) is 5.22. The van der Waals surface area contributed by atoms with Gasteiger partial charge in [-0.2, -0.15) is 0 Å². The molecule has 3 aliphatic rings. The Morgan fingerprint density at radius 1 is 1.14 bits per heavy atom. The van der Waals surface area contributed by atoms with E-state index in [9.17, 15) is 8.42 Å². The van der Waals surface area contributed by atoms with Gasteiger partial charge in [0, 0.05) is 6.42 Å². The highest BCUT2D eigenvalue weighted by atomic mass is 32.2. The molecule has 5 heteroatoms. The molecule has 1 heterocycles. The van der Waals surface area contributed by atoms with Crippen molar-refractivity contribution in [3.05, 3.63) is 35.4 Å². The predicted molar refractivity (Wildman–Crippen MR) is 85.6 cm³/mol. The summed E-state index contributed by atoms with van der Waals surface area (Å²) >= 11 is 0. The van der Waals surface area contributed by atoms with Gasteiger partial charge in [0.25, 0.3) is 10.0 Å². The largest absolute Gasteiger partial charge is 0.475 e. The fourth-order valence-electron chi connectivity index (χ4n) is 4.10. The van der Waals surface area contributed by atoms with E-state index in [0.717, 1.165) is 32.1 Å². The zero-order valence-electron chi connectivity index (χ0n) is 12.6. The van der Waals surface area contributed by atoms with E-state index in [0.29, 0.717) is 24.7 Å². The van der Waals surface area contributed by atoms with E-state index in [1.54, 1.807) is 0 Å². The third kappa shape index (κ3) is 2.45. The summed E-state index contributed by atoms with van der Waals surface area (Å²) < 4.78 is 34.7. The fraction of sp³-hybridized carbons (Fsp3) is 0.588. The summed E-state index contributed by atoms with van der Waals surface area (Å²) in [5, 5.41) is -0.416. The monoisotopic (exact) mass is 319 g/mol. The number of fused-ring (bicyclic) bond motifs is 2. The quantitative estimate of drug-likeness (QED) is 0.841. The molecule has 2 aliphatic carbocycles. The van der Waals surface area contributed by atoms with Gasteiger partial charge in [-0.25, -0.2) is 8.42 Å². The van der Waals surface area contributed by atoms with Gasteiger partial charge in [-0.05, 0) is 49.1 Å². The molecule has 0 amide bonds. The van der Waals surface area contributed by atoms with Crippen molar-refractivity contribution in [1.82, 2.24) is 0 Å². The van der Waals surface area contributed by atoms with Gasteiger partial charge in [0.05, 0.1) is 0 Å². The molecule has 1 aromatic carbocycles. The maximum absolute atomic E-state index is 12.4. The van der Waals surface area contributed by atoms with E-state index in [1.807, 2.05) is 0 Å². The van der Waals surface area contributed by atoms with E-state index in [1.165, 1.54) is 11.1 Å². The zero-order valence-corrected chi connectivity index (χ0v) is 13.4. The average Bonchev–Trinajstić information content (AvgIpc) is 2.90. The van der Waals surface area contributed by atoms with Crippen LogP contribution in [0.2, 0.25) is 0 Å². The maximum Gasteiger partial charge on any atom is 0.262 e. The molecule has 0 N–H and O–H groups in total. The Balaban J connectivity index is 1.58. The summed E-state index contributed by atoms with van der Waals surface area (Å²) in [7, 11) is -3.39. The molecule has 1 aromatic rings. The molecular formula is C17H21NO3S. The lowest BCUT2D eigenvalue weighted by molar-refractivity contribution is 0.135. The molecule has 2 unspecified atom stereocenters. The first-order valence-corrected chi connectivity index (χ1v) is 9.71. The Hall–Kier alpha value is -1.36. The molecule has 1 saturated carbocycles. The SMILES string of the molecule is O=S1(=O)N=C(C[C@@H]2CCc3ccccc32)OC2CCCCC21. The number of benzene rings is 1. The molecule has 0 radical (unpaired) electrons. The lowest BCUT2D eigenvalue weighted by Crippen LogP contribution is -2.43. The van der Waals surface area contributed by atoms with Crippen LogP contribution >= 0.6 is 0 Å². The van der Waals surface area contributed by atoms with Crippen LogP contribution in [0.25, 0.3) is 0 Å². The van der Waals surface area contributed by atoms with Crippen molar-refractivity contribution in [2.45, 2.75) is 62.2 Å². The first-order chi connectivity index (χ1) is 10.6. The van der Waals surface area contributed by atoms with Gasteiger partial charge in [-0.15, -0.1) is 4.40 Å². The second-order valence-electron chi connectivity index (χ2n) is 6.62. The number of aryl methyl sites for hydroxylation is 1. The normalized spacial score (nSPS) is 32.5. The van der Waals surface area contributed by atoms with Gasteiger partial charge in [0.2, 0.25) is 5.90 Å². The minimum atomic E-state index is -3.39. The molecule has 1 aliphatic heterocycles. The van der Waals surface area contributed by atoms with Crippen molar-refractivity contribution in [3.63, 3.8) is 0 Å². The first-order valence-electron chi connectivity index (χ1n) is 8.20. The van der Waals surface area contributed by atoms with Gasteiger partial charge >= 0.3 is 0 Å². The maximum atomic E-state index is 12.4. The third-order valence-corrected chi connectivity index (χ3v) is 6.98. The second kappa shape index (κ2) is 5.37. The highest BCUT2D eigenvalue weighted by Crippen LogP contribution is 2.38. The van der Waals surface area contributed by atoms with Crippen molar-refractivity contribution in [3.8, 4) is 0 Å². The van der Waals surface area contributed by atoms with Crippen molar-refractivity contribution in [2.75, 3.05) is 0 Å². The summed E-state index contributed by atoms with van der Waals surface area (Å²) in [6.45, 7) is 0. The Labute approximate surface area is 131 Å². The Morgan fingerprint density at radius 2 is 1.95 bits per heavy atom. The minimum absolute atomic E-state index is 0.178. The molecule has 4 nitrogen and oxygen atoms in total. The number of hydrogen-bond donors (Lipinski definition) is 0. The van der Waals surface area contributed by atoms with Crippen LogP contribution in [0.4, 0.5) is 0 Å². The van der Waals surface area contributed by atoms with Crippen LogP contribution in [-0.2, 0) is 21.2 Å². The van der Waals surface area contributed by atoms with Gasteiger partial charge in [0.1, 0.15) is 11.4 Å². The van der Waals surface area contributed by atoms with Crippen LogP contribution in [0.5, 0.6) is 0 Å². The van der Waals surface area contributed by atoms with E-state index < -0.39 is 15.3 Å². The summed E-state index contributed by atoms with van der Waals surface area (Å²) in [6, 6.07) is 8.42. The topological polar surface area (TPSA) is 55.7 Å². The van der Waals surface area contributed by atoms with E-state index >= 15 is 0 Å². The summed E-state index contributed by atoms with van der Waals surface area (Å²) in [5.74, 6) is 0.773. The predicted octanol–water partition coefficient (Wildman–Crippen LogP) is 3.18. The van der Waals surface area contributed by atoms with Gasteiger partial charge in [0.15, 0.2) is 0 Å². The summed E-state index contributed by atoms with van der Waals surface area (Å²) in [5.41, 5.74) is 2.71. The van der Waals surface area contributed by atoms with Crippen molar-refractivity contribution in [1.29, 1.82) is 0 Å². The lowest BCUT2D eigenvalue weighted by Gasteiger charge is -2.34. The molecule has 0 bridgehead atoms. The molecule has 0 aromatic heterocycles. The highest BCUT2D eigenvalue weighted by Gasteiger charge is 2.42. The number of ether oxygens (including phenoxy) is 1. The molecule has 0 spiro atoms. The van der Waals surface area contributed by atoms with Gasteiger partial charge in [-0.1, -0.05) is 30.7 Å². The van der Waals surface area contributed by atoms with Crippen LogP contribution in [0.3, 0.4) is 0 Å². The van der Waals surface area contributed by atoms with Crippen LogP contribution in [-0.4, -0.2) is 25.7 Å². The average molecular weight is 319 g/mol. The summed E-state index contributed by atoms with van der Waals surface area (Å²) in [4.78, 5) is 0. The molecule has 1 fully saturated rings. The minimum Gasteiger partial charge on any atom is -0.475 e. The standard InChI is InChI=1S/C17H21NO3S/c19-22(20)16-8-4-3-7-15(16)21-17(18-22)11-13-10-9-12-5-1-2-6-14(12)13/h1-2,5-6,13,15-16H,3-4,7-11H2/t13-,15?,16?/m0/s1. The number of sulfonamides is 1. The summed E-state index contributed by atoms with van der Waals surface area (Å²) in [6.07, 6.45) is 6.09. The lowest BCUT2D eigenvalue weighted by atomic mass is 9.96.